The third-order valence-corrected chi connectivity index (χ3v) is 2.98. The summed E-state index contributed by atoms with van der Waals surface area (Å²) in [5.41, 5.74) is -2.24. The SMILES string of the molecule is C=CC(O)(C(C)C)C(C)(C)C(=O)OCC. The Morgan fingerprint density at radius 3 is 2.27 bits per heavy atom. The highest BCUT2D eigenvalue weighted by atomic mass is 16.5. The Morgan fingerprint density at radius 2 is 2.00 bits per heavy atom. The first kappa shape index (κ1) is 14.2. The average molecular weight is 214 g/mol. The highest BCUT2D eigenvalue weighted by molar-refractivity contribution is 5.78. The van der Waals surface area contributed by atoms with Gasteiger partial charge < -0.3 is 9.84 Å². The van der Waals surface area contributed by atoms with E-state index in [0.717, 1.165) is 0 Å². The van der Waals surface area contributed by atoms with Crippen LogP contribution < -0.4 is 0 Å². The van der Waals surface area contributed by atoms with Crippen LogP contribution in [0.15, 0.2) is 12.7 Å². The quantitative estimate of drug-likeness (QED) is 0.563. The maximum atomic E-state index is 11.7. The molecule has 3 nitrogen and oxygen atoms in total. The van der Waals surface area contributed by atoms with Gasteiger partial charge in [0.2, 0.25) is 0 Å². The number of aliphatic hydroxyl groups is 1. The van der Waals surface area contributed by atoms with Crippen molar-refractivity contribution in [2.24, 2.45) is 11.3 Å². The van der Waals surface area contributed by atoms with Gasteiger partial charge in [-0.15, -0.1) is 6.58 Å². The standard InChI is InChI=1S/C12H22O3/c1-7-12(14,9(3)4)11(5,6)10(13)15-8-2/h7,9,14H,1,8H2,2-6H3. The Morgan fingerprint density at radius 1 is 1.53 bits per heavy atom. The van der Waals surface area contributed by atoms with Crippen molar-refractivity contribution < 1.29 is 14.6 Å². The van der Waals surface area contributed by atoms with Gasteiger partial charge in [0.15, 0.2) is 0 Å². The second-order valence-corrected chi connectivity index (χ2v) is 4.53. The van der Waals surface area contributed by atoms with E-state index in [1.54, 1.807) is 20.8 Å². The van der Waals surface area contributed by atoms with E-state index in [1.807, 2.05) is 13.8 Å². The van der Waals surface area contributed by atoms with Gasteiger partial charge in [0.25, 0.3) is 0 Å². The zero-order chi connectivity index (χ0) is 12.3. The molecular formula is C12H22O3. The van der Waals surface area contributed by atoms with Crippen LogP contribution >= 0.6 is 0 Å². The lowest BCUT2D eigenvalue weighted by Crippen LogP contribution is -2.52. The molecule has 0 aliphatic rings. The highest BCUT2D eigenvalue weighted by Gasteiger charge is 2.49. The van der Waals surface area contributed by atoms with Gasteiger partial charge in [0.05, 0.1) is 12.0 Å². The van der Waals surface area contributed by atoms with Gasteiger partial charge in [-0.2, -0.15) is 0 Å². The van der Waals surface area contributed by atoms with E-state index in [4.69, 9.17) is 4.74 Å². The molecule has 0 radical (unpaired) electrons. The monoisotopic (exact) mass is 214 g/mol. The molecule has 0 aromatic heterocycles. The van der Waals surface area contributed by atoms with Crippen LogP contribution in [0.25, 0.3) is 0 Å². The molecule has 1 unspecified atom stereocenters. The normalized spacial score (nSPS) is 15.9. The minimum absolute atomic E-state index is 0.102. The highest BCUT2D eigenvalue weighted by Crippen LogP contribution is 2.38. The third kappa shape index (κ3) is 2.40. The van der Waals surface area contributed by atoms with Gasteiger partial charge in [-0.05, 0) is 26.7 Å². The molecule has 0 heterocycles. The smallest absolute Gasteiger partial charge is 0.314 e. The van der Waals surface area contributed by atoms with Crippen molar-refractivity contribution in [1.29, 1.82) is 0 Å². The summed E-state index contributed by atoms with van der Waals surface area (Å²) in [4.78, 5) is 11.7. The molecule has 0 bridgehead atoms. The topological polar surface area (TPSA) is 46.5 Å². The van der Waals surface area contributed by atoms with E-state index < -0.39 is 17.0 Å². The summed E-state index contributed by atoms with van der Waals surface area (Å²) in [6.45, 7) is 12.7. The van der Waals surface area contributed by atoms with Gasteiger partial charge in [0.1, 0.15) is 5.60 Å². The summed E-state index contributed by atoms with van der Waals surface area (Å²) in [6.07, 6.45) is 1.43. The van der Waals surface area contributed by atoms with Crippen LogP contribution in [0.3, 0.4) is 0 Å². The van der Waals surface area contributed by atoms with Crippen LogP contribution in [0.1, 0.15) is 34.6 Å². The molecule has 88 valence electrons. The van der Waals surface area contributed by atoms with Gasteiger partial charge in [-0.25, -0.2) is 0 Å². The lowest BCUT2D eigenvalue weighted by Gasteiger charge is -2.41. The number of ether oxygens (including phenoxy) is 1. The summed E-state index contributed by atoms with van der Waals surface area (Å²) in [5, 5.41) is 10.4. The number of esters is 1. The molecule has 0 rings (SSSR count). The fourth-order valence-electron chi connectivity index (χ4n) is 1.69. The van der Waals surface area contributed by atoms with Crippen molar-refractivity contribution in [3.05, 3.63) is 12.7 Å². The van der Waals surface area contributed by atoms with E-state index in [1.165, 1.54) is 6.08 Å². The fourth-order valence-corrected chi connectivity index (χ4v) is 1.69. The van der Waals surface area contributed by atoms with Crippen molar-refractivity contribution in [3.63, 3.8) is 0 Å². The lowest BCUT2D eigenvalue weighted by atomic mass is 9.69. The van der Waals surface area contributed by atoms with Crippen LogP contribution in [0, 0.1) is 11.3 Å². The molecule has 0 aromatic rings. The maximum absolute atomic E-state index is 11.7. The van der Waals surface area contributed by atoms with Crippen molar-refractivity contribution >= 4 is 5.97 Å². The Bertz CT molecular complexity index is 243. The second-order valence-electron chi connectivity index (χ2n) is 4.53. The van der Waals surface area contributed by atoms with E-state index in [-0.39, 0.29) is 5.92 Å². The first-order valence-electron chi connectivity index (χ1n) is 5.27. The molecule has 0 saturated carbocycles. The Kier molecular flexibility index (Phi) is 4.53. The van der Waals surface area contributed by atoms with Crippen molar-refractivity contribution in [3.8, 4) is 0 Å². The van der Waals surface area contributed by atoms with Crippen LogP contribution in [0.4, 0.5) is 0 Å². The Labute approximate surface area is 92.1 Å². The minimum Gasteiger partial charge on any atom is -0.465 e. The summed E-state index contributed by atoms with van der Waals surface area (Å²) >= 11 is 0. The van der Waals surface area contributed by atoms with Crippen LogP contribution in [-0.2, 0) is 9.53 Å². The van der Waals surface area contributed by atoms with E-state index >= 15 is 0 Å². The van der Waals surface area contributed by atoms with Crippen molar-refractivity contribution in [2.45, 2.75) is 40.2 Å². The zero-order valence-corrected chi connectivity index (χ0v) is 10.3. The van der Waals surface area contributed by atoms with Gasteiger partial charge in [-0.1, -0.05) is 19.9 Å². The van der Waals surface area contributed by atoms with E-state index in [9.17, 15) is 9.90 Å². The van der Waals surface area contributed by atoms with Crippen molar-refractivity contribution in [1.82, 2.24) is 0 Å². The van der Waals surface area contributed by atoms with Crippen LogP contribution in [0.5, 0.6) is 0 Å². The molecule has 1 N–H and O–H groups in total. The summed E-state index contributed by atoms with van der Waals surface area (Å²) in [7, 11) is 0. The Hall–Kier alpha value is -0.830. The molecule has 0 aliphatic heterocycles. The summed E-state index contributed by atoms with van der Waals surface area (Å²) in [6, 6.07) is 0. The second kappa shape index (κ2) is 4.79. The van der Waals surface area contributed by atoms with Crippen LogP contribution in [0.2, 0.25) is 0 Å². The Balaban J connectivity index is 5.13. The predicted octanol–water partition coefficient (Wildman–Crippen LogP) is 2.15. The average Bonchev–Trinajstić information content (AvgIpc) is 2.16. The number of rotatable bonds is 5. The molecule has 3 heteroatoms. The minimum atomic E-state index is -1.25. The molecule has 0 amide bonds. The zero-order valence-electron chi connectivity index (χ0n) is 10.3. The first-order chi connectivity index (χ1) is 6.74. The third-order valence-electron chi connectivity index (χ3n) is 2.98. The summed E-state index contributed by atoms with van der Waals surface area (Å²) < 4.78 is 4.96. The fraction of sp³-hybridized carbons (Fsp3) is 0.750. The molecule has 0 aliphatic carbocycles. The molecule has 0 aromatic carbocycles. The van der Waals surface area contributed by atoms with Gasteiger partial charge in [-0.3, -0.25) is 4.79 Å². The number of hydrogen-bond acceptors (Lipinski definition) is 3. The lowest BCUT2D eigenvalue weighted by molar-refractivity contribution is -0.169. The maximum Gasteiger partial charge on any atom is 0.314 e. The molecule has 1 atom stereocenters. The predicted molar refractivity (Wildman–Crippen MR) is 60.4 cm³/mol. The summed E-state index contributed by atoms with van der Waals surface area (Å²) in [5.74, 6) is -0.504. The molecule has 0 fully saturated rings. The van der Waals surface area contributed by atoms with Gasteiger partial charge in [0, 0.05) is 0 Å². The number of hydrogen-bond donors (Lipinski definition) is 1. The van der Waals surface area contributed by atoms with E-state index in [0.29, 0.717) is 6.61 Å². The van der Waals surface area contributed by atoms with Gasteiger partial charge >= 0.3 is 5.97 Å². The first-order valence-corrected chi connectivity index (χ1v) is 5.27. The molecule has 0 saturated heterocycles. The molecule has 0 spiro atoms. The van der Waals surface area contributed by atoms with Crippen LogP contribution in [-0.4, -0.2) is 23.3 Å². The van der Waals surface area contributed by atoms with E-state index in [2.05, 4.69) is 6.58 Å². The number of carbonyl (C=O) groups excluding carboxylic acids is 1. The number of carbonyl (C=O) groups is 1. The molecular weight excluding hydrogens is 192 g/mol. The molecule has 15 heavy (non-hydrogen) atoms. The van der Waals surface area contributed by atoms with Crippen molar-refractivity contribution in [2.75, 3.05) is 6.61 Å². The largest absolute Gasteiger partial charge is 0.465 e.